The summed E-state index contributed by atoms with van der Waals surface area (Å²) in [4.78, 5) is 47.0. The molecule has 2 aliphatic heterocycles. The first-order valence-corrected chi connectivity index (χ1v) is 12.1. The van der Waals surface area contributed by atoms with Crippen LogP contribution in [0.25, 0.3) is 0 Å². The van der Waals surface area contributed by atoms with Crippen LogP contribution in [0, 0.1) is 23.8 Å². The van der Waals surface area contributed by atoms with E-state index in [4.69, 9.17) is 33.1 Å². The summed E-state index contributed by atoms with van der Waals surface area (Å²) in [7, 11) is 0. The summed E-state index contributed by atoms with van der Waals surface area (Å²) in [5.41, 5.74) is 3.09. The molecule has 0 bridgehead atoms. The van der Waals surface area contributed by atoms with Gasteiger partial charge in [0, 0.05) is 63.7 Å². The van der Waals surface area contributed by atoms with Crippen molar-refractivity contribution in [3.8, 4) is 0 Å². The molecule has 0 radical (unpaired) electrons. The average molecular weight is 501 g/mol. The van der Waals surface area contributed by atoms with E-state index in [-0.39, 0.29) is 11.1 Å². The number of rotatable bonds is 4. The van der Waals surface area contributed by atoms with E-state index in [1.165, 1.54) is 0 Å². The number of aryl methyl sites for hydroxylation is 3. The standard InChI is InChI=1S/C11H15ClN2O2.C11H15ClN2O.O2/c1-7-8(4-5-12)11(16)14-6-2-3-9(15)10(14)13-7;1-8-9(5-6-12)11(15)14-7-3-2-4-10(14)13-8;1-2/h9,15H,2-6H2,1H3;2-7H2,1H3;. The molecular weight excluding hydrogens is 471 g/mol. The molecule has 2 aromatic heterocycles. The third-order valence-electron chi connectivity index (χ3n) is 5.93. The Labute approximate surface area is 202 Å². The maximum atomic E-state index is 12.1. The molecule has 1 unspecified atom stereocenters. The highest BCUT2D eigenvalue weighted by Gasteiger charge is 2.23. The molecule has 4 heterocycles. The highest BCUT2D eigenvalue weighted by Crippen LogP contribution is 2.22. The minimum absolute atomic E-state index is 0.0399. The second-order valence-electron chi connectivity index (χ2n) is 8.03. The smallest absolute Gasteiger partial charge is 0.257 e. The zero-order valence-corrected chi connectivity index (χ0v) is 20.5. The van der Waals surface area contributed by atoms with Crippen molar-refractivity contribution in [1.29, 1.82) is 0 Å². The largest absolute Gasteiger partial charge is 0.385 e. The third-order valence-corrected chi connectivity index (χ3v) is 6.30. The lowest BCUT2D eigenvalue weighted by molar-refractivity contribution is 0.130. The molecule has 182 valence electrons. The first-order chi connectivity index (χ1) is 15.9. The van der Waals surface area contributed by atoms with E-state index in [0.29, 0.717) is 54.6 Å². The Morgan fingerprint density at radius 3 is 2.03 bits per heavy atom. The molecular formula is C22H30Cl2N4O5. The second kappa shape index (κ2) is 13.0. The monoisotopic (exact) mass is 500 g/mol. The number of nitrogens with zero attached hydrogens (tertiary/aromatic N) is 4. The Kier molecular flexibility index (Phi) is 10.7. The van der Waals surface area contributed by atoms with Gasteiger partial charge in [-0.25, -0.2) is 9.97 Å². The number of fused-ring (bicyclic) bond motifs is 2. The van der Waals surface area contributed by atoms with Crippen molar-refractivity contribution < 1.29 is 5.11 Å². The van der Waals surface area contributed by atoms with Gasteiger partial charge >= 0.3 is 0 Å². The molecule has 0 aliphatic carbocycles. The van der Waals surface area contributed by atoms with E-state index in [2.05, 4.69) is 9.97 Å². The Hall–Kier alpha value is -2.10. The van der Waals surface area contributed by atoms with Gasteiger partial charge < -0.3 is 5.11 Å². The molecule has 0 fully saturated rings. The predicted octanol–water partition coefficient (Wildman–Crippen LogP) is 2.90. The van der Waals surface area contributed by atoms with Crippen molar-refractivity contribution in [3.05, 3.63) is 64.8 Å². The quantitative estimate of drug-likeness (QED) is 0.639. The summed E-state index contributed by atoms with van der Waals surface area (Å²) in [6.07, 6.45) is 5.20. The summed E-state index contributed by atoms with van der Waals surface area (Å²) in [5, 5.41) is 9.78. The minimum atomic E-state index is -0.606. The van der Waals surface area contributed by atoms with Crippen LogP contribution in [0.5, 0.6) is 0 Å². The number of hydrogen-bond donors (Lipinski definition) is 1. The van der Waals surface area contributed by atoms with Crippen LogP contribution in [0.15, 0.2) is 9.59 Å². The van der Waals surface area contributed by atoms with Gasteiger partial charge in [-0.15, -0.1) is 23.2 Å². The zero-order valence-electron chi connectivity index (χ0n) is 19.0. The van der Waals surface area contributed by atoms with Gasteiger partial charge in [-0.3, -0.25) is 18.7 Å². The Balaban J connectivity index is 0.000000218. The van der Waals surface area contributed by atoms with Crippen molar-refractivity contribution in [1.82, 2.24) is 19.1 Å². The molecule has 0 saturated heterocycles. The molecule has 1 N–H and O–H groups in total. The number of halogens is 2. The fourth-order valence-electron chi connectivity index (χ4n) is 4.26. The fraction of sp³-hybridized carbons (Fsp3) is 0.636. The summed E-state index contributed by atoms with van der Waals surface area (Å²) in [6, 6.07) is 0. The van der Waals surface area contributed by atoms with E-state index < -0.39 is 6.10 Å². The van der Waals surface area contributed by atoms with Crippen LogP contribution in [0.3, 0.4) is 0 Å². The molecule has 33 heavy (non-hydrogen) atoms. The van der Waals surface area contributed by atoms with Gasteiger partial charge in [0.05, 0.1) is 0 Å². The van der Waals surface area contributed by atoms with Crippen LogP contribution < -0.4 is 11.1 Å². The first kappa shape index (κ1) is 27.1. The highest BCUT2D eigenvalue weighted by molar-refractivity contribution is 6.18. The molecule has 0 amide bonds. The first-order valence-electron chi connectivity index (χ1n) is 11.0. The van der Waals surface area contributed by atoms with Gasteiger partial charge in [0.1, 0.15) is 17.8 Å². The SMILES string of the molecule is Cc1nc2n(c(=O)c1CCCl)CCCC2.Cc1nc2n(c(=O)c1CCCl)CCCC2O.O=O. The van der Waals surface area contributed by atoms with Crippen LogP contribution in [-0.2, 0) is 32.4 Å². The molecule has 1 atom stereocenters. The number of alkyl halides is 2. The van der Waals surface area contributed by atoms with E-state index >= 15 is 0 Å². The van der Waals surface area contributed by atoms with Crippen LogP contribution in [0.1, 0.15) is 66.0 Å². The molecule has 0 aromatic carbocycles. The summed E-state index contributed by atoms with van der Waals surface area (Å²) in [6.45, 7) is 5.16. The third kappa shape index (κ3) is 6.28. The lowest BCUT2D eigenvalue weighted by Crippen LogP contribution is -2.33. The maximum absolute atomic E-state index is 12.1. The Morgan fingerprint density at radius 2 is 1.42 bits per heavy atom. The maximum Gasteiger partial charge on any atom is 0.257 e. The normalized spacial score (nSPS) is 16.5. The van der Waals surface area contributed by atoms with Crippen LogP contribution in [0.2, 0.25) is 0 Å². The topological polar surface area (TPSA) is 124 Å². The molecule has 4 rings (SSSR count). The van der Waals surface area contributed by atoms with Crippen molar-refractivity contribution in [2.75, 3.05) is 11.8 Å². The number of aromatic nitrogens is 4. The predicted molar refractivity (Wildman–Crippen MR) is 129 cm³/mol. The zero-order chi connectivity index (χ0) is 24.5. The molecule has 0 saturated carbocycles. The number of aliphatic hydroxyl groups excluding tert-OH is 1. The van der Waals surface area contributed by atoms with Crippen molar-refractivity contribution >= 4 is 23.2 Å². The molecule has 2 aliphatic rings. The lowest BCUT2D eigenvalue weighted by Gasteiger charge is -2.23. The van der Waals surface area contributed by atoms with Crippen LogP contribution in [0.4, 0.5) is 0 Å². The minimum Gasteiger partial charge on any atom is -0.385 e. The van der Waals surface area contributed by atoms with Gasteiger partial charge in [-0.1, -0.05) is 0 Å². The van der Waals surface area contributed by atoms with Gasteiger partial charge in [-0.05, 0) is 52.4 Å². The molecule has 2 aromatic rings. The van der Waals surface area contributed by atoms with Crippen molar-refractivity contribution in [3.63, 3.8) is 0 Å². The molecule has 0 spiro atoms. The van der Waals surface area contributed by atoms with Crippen LogP contribution >= 0.6 is 23.2 Å². The summed E-state index contributed by atoms with van der Waals surface area (Å²) in [5.74, 6) is 2.35. The highest BCUT2D eigenvalue weighted by atomic mass is 35.5. The van der Waals surface area contributed by atoms with E-state index in [0.717, 1.165) is 49.3 Å². The van der Waals surface area contributed by atoms with E-state index in [9.17, 15) is 14.7 Å². The van der Waals surface area contributed by atoms with Gasteiger partial charge in [-0.2, -0.15) is 0 Å². The van der Waals surface area contributed by atoms with Gasteiger partial charge in [0.15, 0.2) is 0 Å². The average Bonchev–Trinajstić information content (AvgIpc) is 2.82. The van der Waals surface area contributed by atoms with Crippen molar-refractivity contribution in [2.24, 2.45) is 0 Å². The lowest BCUT2D eigenvalue weighted by atomic mass is 10.1. The fourth-order valence-corrected chi connectivity index (χ4v) is 4.64. The Morgan fingerprint density at radius 1 is 0.879 bits per heavy atom. The summed E-state index contributed by atoms with van der Waals surface area (Å²) >= 11 is 11.4. The van der Waals surface area contributed by atoms with Gasteiger partial charge in [0.25, 0.3) is 11.1 Å². The van der Waals surface area contributed by atoms with E-state index in [1.54, 1.807) is 11.5 Å². The molecule has 11 heteroatoms. The van der Waals surface area contributed by atoms with Crippen molar-refractivity contribution in [2.45, 2.75) is 78.0 Å². The molecule has 9 nitrogen and oxygen atoms in total. The number of hydrogen-bond acceptors (Lipinski definition) is 7. The summed E-state index contributed by atoms with van der Waals surface area (Å²) < 4.78 is 3.40. The van der Waals surface area contributed by atoms with Crippen LogP contribution in [-0.4, -0.2) is 36.0 Å². The Bertz CT molecular complexity index is 1070. The number of aliphatic hydroxyl groups is 1. The van der Waals surface area contributed by atoms with E-state index in [1.807, 2.05) is 11.5 Å². The second-order valence-corrected chi connectivity index (χ2v) is 8.79. The van der Waals surface area contributed by atoms with Gasteiger partial charge in [0.2, 0.25) is 0 Å².